The predicted molar refractivity (Wildman–Crippen MR) is 72.1 cm³/mol. The maximum absolute atomic E-state index is 11.9. The van der Waals surface area contributed by atoms with Crippen molar-refractivity contribution in [3.63, 3.8) is 0 Å². The Morgan fingerprint density at radius 2 is 2.00 bits per heavy atom. The van der Waals surface area contributed by atoms with Crippen molar-refractivity contribution in [1.82, 2.24) is 4.72 Å². The van der Waals surface area contributed by atoms with Gasteiger partial charge in [0, 0.05) is 13.1 Å². The summed E-state index contributed by atoms with van der Waals surface area (Å²) < 4.78 is 26.2. The van der Waals surface area contributed by atoms with Gasteiger partial charge in [0.15, 0.2) is 0 Å². The number of sulfonamides is 1. The van der Waals surface area contributed by atoms with Gasteiger partial charge in [-0.2, -0.15) is 0 Å². The van der Waals surface area contributed by atoms with Crippen LogP contribution in [-0.2, 0) is 10.0 Å². The molecule has 0 spiro atoms. The van der Waals surface area contributed by atoms with Crippen LogP contribution in [0.5, 0.6) is 0 Å². The van der Waals surface area contributed by atoms with Crippen LogP contribution in [0.15, 0.2) is 29.2 Å². The van der Waals surface area contributed by atoms with Crippen LogP contribution < -0.4 is 15.4 Å². The SMILES string of the molecule is CCC1(N)CN(c2ccccc2S(=O)(=O)NC)C1. The number of hydrogen-bond acceptors (Lipinski definition) is 4. The van der Waals surface area contributed by atoms with Crippen molar-refractivity contribution in [2.24, 2.45) is 5.73 Å². The number of benzene rings is 1. The van der Waals surface area contributed by atoms with Crippen molar-refractivity contribution in [2.75, 3.05) is 25.0 Å². The van der Waals surface area contributed by atoms with Gasteiger partial charge in [-0.15, -0.1) is 0 Å². The van der Waals surface area contributed by atoms with E-state index in [2.05, 4.69) is 4.72 Å². The lowest BCUT2D eigenvalue weighted by molar-refractivity contribution is 0.321. The van der Waals surface area contributed by atoms with Gasteiger partial charge in [0.05, 0.1) is 11.2 Å². The third-order valence-electron chi connectivity index (χ3n) is 3.48. The molecule has 1 fully saturated rings. The van der Waals surface area contributed by atoms with E-state index in [0.29, 0.717) is 18.0 Å². The molecule has 1 aromatic rings. The van der Waals surface area contributed by atoms with E-state index in [9.17, 15) is 8.42 Å². The fourth-order valence-electron chi connectivity index (χ4n) is 2.16. The summed E-state index contributed by atoms with van der Waals surface area (Å²) in [6, 6.07) is 7.00. The molecule has 0 unspecified atom stereocenters. The summed E-state index contributed by atoms with van der Waals surface area (Å²) in [5.74, 6) is 0. The molecule has 0 radical (unpaired) electrons. The van der Waals surface area contributed by atoms with Crippen molar-refractivity contribution in [2.45, 2.75) is 23.8 Å². The van der Waals surface area contributed by atoms with E-state index in [0.717, 1.165) is 12.1 Å². The van der Waals surface area contributed by atoms with Gasteiger partial charge in [-0.05, 0) is 25.6 Å². The Morgan fingerprint density at radius 1 is 1.39 bits per heavy atom. The van der Waals surface area contributed by atoms with Gasteiger partial charge in [-0.1, -0.05) is 19.1 Å². The molecule has 0 amide bonds. The van der Waals surface area contributed by atoms with Crippen LogP contribution in [-0.4, -0.2) is 34.1 Å². The van der Waals surface area contributed by atoms with Crippen molar-refractivity contribution in [1.29, 1.82) is 0 Å². The van der Waals surface area contributed by atoms with Crippen molar-refractivity contribution in [3.8, 4) is 0 Å². The Hall–Kier alpha value is -1.11. The van der Waals surface area contributed by atoms with Crippen LogP contribution in [0.25, 0.3) is 0 Å². The van der Waals surface area contributed by atoms with Gasteiger partial charge < -0.3 is 10.6 Å². The minimum Gasteiger partial charge on any atom is -0.367 e. The van der Waals surface area contributed by atoms with Gasteiger partial charge in [0.2, 0.25) is 10.0 Å². The largest absolute Gasteiger partial charge is 0.367 e. The quantitative estimate of drug-likeness (QED) is 0.835. The van der Waals surface area contributed by atoms with Crippen molar-refractivity contribution >= 4 is 15.7 Å². The van der Waals surface area contributed by atoms with Crippen LogP contribution in [0.2, 0.25) is 0 Å². The molecule has 1 saturated heterocycles. The Morgan fingerprint density at radius 3 is 2.56 bits per heavy atom. The lowest BCUT2D eigenvalue weighted by atomic mass is 9.88. The number of para-hydroxylation sites is 1. The number of nitrogens with two attached hydrogens (primary N) is 1. The van der Waals surface area contributed by atoms with Crippen LogP contribution >= 0.6 is 0 Å². The molecule has 6 heteroatoms. The van der Waals surface area contributed by atoms with Gasteiger partial charge >= 0.3 is 0 Å². The zero-order valence-electron chi connectivity index (χ0n) is 10.7. The van der Waals surface area contributed by atoms with E-state index in [1.807, 2.05) is 24.0 Å². The second kappa shape index (κ2) is 4.53. The lowest BCUT2D eigenvalue weighted by Gasteiger charge is -2.49. The summed E-state index contributed by atoms with van der Waals surface area (Å²) >= 11 is 0. The lowest BCUT2D eigenvalue weighted by Crippen LogP contribution is -2.67. The number of hydrogen-bond donors (Lipinski definition) is 2. The summed E-state index contributed by atoms with van der Waals surface area (Å²) in [7, 11) is -2.01. The number of nitrogens with zero attached hydrogens (tertiary/aromatic N) is 1. The highest BCUT2D eigenvalue weighted by molar-refractivity contribution is 7.89. The number of rotatable bonds is 4. The molecule has 1 aliphatic heterocycles. The van der Waals surface area contributed by atoms with Crippen molar-refractivity contribution < 1.29 is 8.42 Å². The van der Waals surface area contributed by atoms with Gasteiger partial charge in [0.25, 0.3) is 0 Å². The first-order chi connectivity index (χ1) is 8.42. The van der Waals surface area contributed by atoms with Crippen LogP contribution in [0, 0.1) is 0 Å². The molecule has 0 bridgehead atoms. The first-order valence-corrected chi connectivity index (χ1v) is 7.46. The third-order valence-corrected chi connectivity index (χ3v) is 4.94. The summed E-state index contributed by atoms with van der Waals surface area (Å²) in [5, 5.41) is 0. The van der Waals surface area contributed by atoms with E-state index in [1.165, 1.54) is 7.05 Å². The van der Waals surface area contributed by atoms with E-state index >= 15 is 0 Å². The minimum absolute atomic E-state index is 0.184. The molecule has 0 saturated carbocycles. The second-order valence-corrected chi connectivity index (χ2v) is 6.60. The Labute approximate surface area is 108 Å². The molecule has 0 aliphatic carbocycles. The van der Waals surface area contributed by atoms with E-state index < -0.39 is 10.0 Å². The zero-order chi connectivity index (χ0) is 13.4. The molecule has 1 aliphatic rings. The van der Waals surface area contributed by atoms with Crippen LogP contribution in [0.1, 0.15) is 13.3 Å². The molecule has 0 atom stereocenters. The van der Waals surface area contributed by atoms with Crippen LogP contribution in [0.4, 0.5) is 5.69 Å². The Kier molecular flexibility index (Phi) is 3.35. The summed E-state index contributed by atoms with van der Waals surface area (Å²) in [4.78, 5) is 2.32. The molecule has 100 valence electrons. The Balaban J connectivity index is 2.31. The molecular weight excluding hydrogens is 250 g/mol. The molecule has 3 N–H and O–H groups in total. The van der Waals surface area contributed by atoms with E-state index in [1.54, 1.807) is 12.1 Å². The minimum atomic E-state index is -3.43. The highest BCUT2D eigenvalue weighted by Gasteiger charge is 2.39. The second-order valence-electron chi connectivity index (χ2n) is 4.75. The molecule has 1 heterocycles. The van der Waals surface area contributed by atoms with Crippen molar-refractivity contribution in [3.05, 3.63) is 24.3 Å². The maximum Gasteiger partial charge on any atom is 0.242 e. The monoisotopic (exact) mass is 269 g/mol. The molecule has 2 rings (SSSR count). The third kappa shape index (κ3) is 2.23. The van der Waals surface area contributed by atoms with Gasteiger partial charge in [-0.25, -0.2) is 13.1 Å². The van der Waals surface area contributed by atoms with E-state index in [4.69, 9.17) is 5.73 Å². The first-order valence-electron chi connectivity index (χ1n) is 5.98. The molecule has 0 aromatic heterocycles. The molecule has 1 aromatic carbocycles. The standard InChI is InChI=1S/C12H19N3O2S/c1-3-12(13)8-15(9-12)10-6-4-5-7-11(10)18(16,17)14-2/h4-7,14H,3,8-9,13H2,1-2H3. The average Bonchev–Trinajstić information content (AvgIpc) is 2.35. The highest BCUT2D eigenvalue weighted by Crippen LogP contribution is 2.32. The smallest absolute Gasteiger partial charge is 0.242 e. The summed E-state index contributed by atoms with van der Waals surface area (Å²) in [6.45, 7) is 3.44. The normalized spacial score (nSPS) is 18.5. The number of nitrogens with one attached hydrogen (secondary N) is 1. The Bertz CT molecular complexity index is 536. The predicted octanol–water partition coefficient (Wildman–Crippen LogP) is 0.522. The fourth-order valence-corrected chi connectivity index (χ4v) is 3.11. The van der Waals surface area contributed by atoms with E-state index in [-0.39, 0.29) is 5.54 Å². The topological polar surface area (TPSA) is 75.4 Å². The fraction of sp³-hybridized carbons (Fsp3) is 0.500. The van der Waals surface area contributed by atoms with Gasteiger partial charge in [0.1, 0.15) is 4.90 Å². The maximum atomic E-state index is 11.9. The molecule has 18 heavy (non-hydrogen) atoms. The zero-order valence-corrected chi connectivity index (χ0v) is 11.5. The summed E-state index contributed by atoms with van der Waals surface area (Å²) in [6.07, 6.45) is 0.893. The highest BCUT2D eigenvalue weighted by atomic mass is 32.2. The molecule has 5 nitrogen and oxygen atoms in total. The first kappa shape index (κ1) is 13.3. The summed E-state index contributed by atoms with van der Waals surface area (Å²) in [5.41, 5.74) is 6.65. The number of anilines is 1. The van der Waals surface area contributed by atoms with Crippen LogP contribution in [0.3, 0.4) is 0 Å². The molecular formula is C12H19N3O2S. The average molecular weight is 269 g/mol. The van der Waals surface area contributed by atoms with Gasteiger partial charge in [-0.3, -0.25) is 0 Å².